The van der Waals surface area contributed by atoms with Crippen LogP contribution in [0.1, 0.15) is 5.69 Å². The molecule has 0 saturated heterocycles. The number of pyridine rings is 1. The Hall–Kier alpha value is -1.91. The summed E-state index contributed by atoms with van der Waals surface area (Å²) in [7, 11) is 0. The smallest absolute Gasteiger partial charge is 0.184 e. The third-order valence-corrected chi connectivity index (χ3v) is 3.43. The average molecular weight is 305 g/mol. The quantitative estimate of drug-likeness (QED) is 0.774. The van der Waals surface area contributed by atoms with Crippen LogP contribution in [0.5, 0.6) is 0 Å². The molecule has 100 valence electrons. The Kier molecular flexibility index (Phi) is 3.42. The van der Waals surface area contributed by atoms with Gasteiger partial charge in [-0.15, -0.1) is 0 Å². The van der Waals surface area contributed by atoms with Crippen molar-refractivity contribution in [3.63, 3.8) is 0 Å². The topological polar surface area (TPSA) is 54.5 Å². The summed E-state index contributed by atoms with van der Waals surface area (Å²) in [6.45, 7) is 1.92. The van der Waals surface area contributed by atoms with E-state index in [1.165, 1.54) is 0 Å². The van der Waals surface area contributed by atoms with E-state index in [2.05, 4.69) is 20.2 Å². The Balaban J connectivity index is 2.07. The van der Waals surface area contributed by atoms with E-state index in [4.69, 9.17) is 23.2 Å². The number of nitrogens with zero attached hydrogens (tertiary/aromatic N) is 3. The second-order valence-electron chi connectivity index (χ2n) is 4.27. The minimum absolute atomic E-state index is 0.457. The maximum atomic E-state index is 6.15. The first kappa shape index (κ1) is 13.1. The Labute approximate surface area is 125 Å². The Morgan fingerprint density at radius 1 is 0.950 bits per heavy atom. The van der Waals surface area contributed by atoms with E-state index < -0.39 is 0 Å². The van der Waals surface area contributed by atoms with Crippen LogP contribution in [0.3, 0.4) is 0 Å². The molecule has 1 aromatic carbocycles. The first-order chi connectivity index (χ1) is 9.65. The van der Waals surface area contributed by atoms with E-state index in [1.807, 2.05) is 25.1 Å². The zero-order valence-corrected chi connectivity index (χ0v) is 12.1. The number of H-pyrrole nitrogens is 1. The van der Waals surface area contributed by atoms with Crippen molar-refractivity contribution in [1.29, 1.82) is 0 Å². The Morgan fingerprint density at radius 2 is 1.65 bits per heavy atom. The van der Waals surface area contributed by atoms with Crippen LogP contribution in [-0.4, -0.2) is 20.2 Å². The van der Waals surface area contributed by atoms with E-state index in [0.29, 0.717) is 27.3 Å². The van der Waals surface area contributed by atoms with E-state index in [9.17, 15) is 0 Å². The van der Waals surface area contributed by atoms with Gasteiger partial charge in [0, 0.05) is 5.69 Å². The monoisotopic (exact) mass is 304 g/mol. The zero-order chi connectivity index (χ0) is 14.1. The number of halogens is 2. The second kappa shape index (κ2) is 5.23. The summed E-state index contributed by atoms with van der Waals surface area (Å²) in [6.07, 6.45) is 0. The fourth-order valence-electron chi connectivity index (χ4n) is 1.87. The van der Waals surface area contributed by atoms with Gasteiger partial charge in [-0.2, -0.15) is 5.10 Å². The van der Waals surface area contributed by atoms with Gasteiger partial charge in [0.15, 0.2) is 11.6 Å². The molecule has 0 saturated carbocycles. The molecule has 0 spiro atoms. The number of aromatic nitrogens is 4. The predicted octanol–water partition coefficient (Wildman–Crippen LogP) is 4.15. The highest BCUT2D eigenvalue weighted by Gasteiger charge is 2.14. The van der Waals surface area contributed by atoms with Crippen molar-refractivity contribution in [3.05, 3.63) is 52.1 Å². The number of nitrogens with one attached hydrogen (secondary N) is 1. The highest BCUT2D eigenvalue weighted by molar-refractivity contribution is 6.38. The Bertz CT molecular complexity index is 747. The van der Waals surface area contributed by atoms with Crippen molar-refractivity contribution in [2.24, 2.45) is 0 Å². The molecule has 0 bridgehead atoms. The summed E-state index contributed by atoms with van der Waals surface area (Å²) in [5.74, 6) is 1.04. The molecule has 2 aromatic heterocycles. The van der Waals surface area contributed by atoms with Crippen molar-refractivity contribution in [2.45, 2.75) is 6.92 Å². The van der Waals surface area contributed by atoms with Crippen LogP contribution in [0.15, 0.2) is 36.4 Å². The SMILES string of the molecule is Cc1cccc(-c2nc(-c3c(Cl)cccc3Cl)n[nH]2)n1. The van der Waals surface area contributed by atoms with Crippen molar-refractivity contribution >= 4 is 23.2 Å². The molecular weight excluding hydrogens is 295 g/mol. The molecule has 0 aliphatic heterocycles. The maximum Gasteiger partial charge on any atom is 0.184 e. The van der Waals surface area contributed by atoms with Gasteiger partial charge in [-0.05, 0) is 31.2 Å². The molecule has 0 amide bonds. The summed E-state index contributed by atoms with van der Waals surface area (Å²) in [5, 5.41) is 8.06. The van der Waals surface area contributed by atoms with Gasteiger partial charge >= 0.3 is 0 Å². The van der Waals surface area contributed by atoms with E-state index in [1.54, 1.807) is 18.2 Å². The third kappa shape index (κ3) is 2.40. The van der Waals surface area contributed by atoms with Crippen LogP contribution in [0.4, 0.5) is 0 Å². The Morgan fingerprint density at radius 3 is 2.35 bits per heavy atom. The van der Waals surface area contributed by atoms with Crippen LogP contribution in [-0.2, 0) is 0 Å². The molecule has 0 aliphatic rings. The molecule has 0 fully saturated rings. The molecule has 0 unspecified atom stereocenters. The van der Waals surface area contributed by atoms with Crippen LogP contribution in [0, 0.1) is 6.92 Å². The lowest BCUT2D eigenvalue weighted by molar-refractivity contribution is 1.08. The fourth-order valence-corrected chi connectivity index (χ4v) is 2.44. The molecule has 20 heavy (non-hydrogen) atoms. The lowest BCUT2D eigenvalue weighted by Crippen LogP contribution is -1.88. The molecule has 3 aromatic rings. The normalized spacial score (nSPS) is 10.8. The number of hydrogen-bond donors (Lipinski definition) is 1. The third-order valence-electron chi connectivity index (χ3n) is 2.80. The summed E-state index contributed by atoms with van der Waals surface area (Å²) in [5.41, 5.74) is 2.26. The fraction of sp³-hybridized carbons (Fsp3) is 0.0714. The van der Waals surface area contributed by atoms with Gasteiger partial charge < -0.3 is 0 Å². The van der Waals surface area contributed by atoms with Crippen LogP contribution < -0.4 is 0 Å². The van der Waals surface area contributed by atoms with Crippen LogP contribution >= 0.6 is 23.2 Å². The molecule has 6 heteroatoms. The first-order valence-corrected chi connectivity index (χ1v) is 6.71. The number of rotatable bonds is 2. The van der Waals surface area contributed by atoms with Crippen LogP contribution in [0.2, 0.25) is 10.0 Å². The molecule has 0 aliphatic carbocycles. The molecule has 3 rings (SSSR count). The molecular formula is C14H10Cl2N4. The first-order valence-electron chi connectivity index (χ1n) is 5.96. The lowest BCUT2D eigenvalue weighted by atomic mass is 10.2. The number of benzene rings is 1. The molecule has 0 atom stereocenters. The highest BCUT2D eigenvalue weighted by atomic mass is 35.5. The van der Waals surface area contributed by atoms with Gasteiger partial charge in [0.05, 0.1) is 15.6 Å². The number of aryl methyl sites for hydroxylation is 1. The largest absolute Gasteiger partial charge is 0.257 e. The van der Waals surface area contributed by atoms with Crippen molar-refractivity contribution in [3.8, 4) is 22.9 Å². The second-order valence-corrected chi connectivity index (χ2v) is 5.08. The standard InChI is InChI=1S/C14H10Cl2N4/c1-8-4-2-7-11(17-8)13-18-14(20-19-13)12-9(15)5-3-6-10(12)16/h2-7H,1H3,(H,18,19,20). The minimum Gasteiger partial charge on any atom is -0.257 e. The number of aromatic amines is 1. The van der Waals surface area contributed by atoms with E-state index in [0.717, 1.165) is 11.4 Å². The van der Waals surface area contributed by atoms with Gasteiger partial charge in [-0.1, -0.05) is 35.3 Å². The highest BCUT2D eigenvalue weighted by Crippen LogP contribution is 2.32. The van der Waals surface area contributed by atoms with Crippen molar-refractivity contribution in [2.75, 3.05) is 0 Å². The van der Waals surface area contributed by atoms with Crippen LogP contribution in [0.25, 0.3) is 22.9 Å². The average Bonchev–Trinajstić information content (AvgIpc) is 2.88. The van der Waals surface area contributed by atoms with E-state index in [-0.39, 0.29) is 0 Å². The summed E-state index contributed by atoms with van der Waals surface area (Å²) >= 11 is 12.3. The maximum absolute atomic E-state index is 6.15. The molecule has 0 radical (unpaired) electrons. The summed E-state index contributed by atoms with van der Waals surface area (Å²) in [4.78, 5) is 8.81. The van der Waals surface area contributed by atoms with Gasteiger partial charge in [-0.25, -0.2) is 9.97 Å². The molecule has 2 heterocycles. The van der Waals surface area contributed by atoms with Gasteiger partial charge in [0.1, 0.15) is 5.69 Å². The minimum atomic E-state index is 0.457. The van der Waals surface area contributed by atoms with E-state index >= 15 is 0 Å². The molecule has 4 nitrogen and oxygen atoms in total. The zero-order valence-electron chi connectivity index (χ0n) is 10.6. The summed E-state index contributed by atoms with van der Waals surface area (Å²) in [6, 6.07) is 11.0. The number of hydrogen-bond acceptors (Lipinski definition) is 3. The summed E-state index contributed by atoms with van der Waals surface area (Å²) < 4.78 is 0. The van der Waals surface area contributed by atoms with Crippen molar-refractivity contribution in [1.82, 2.24) is 20.2 Å². The van der Waals surface area contributed by atoms with Gasteiger partial charge in [0.25, 0.3) is 0 Å². The van der Waals surface area contributed by atoms with Gasteiger partial charge in [0.2, 0.25) is 0 Å². The van der Waals surface area contributed by atoms with Gasteiger partial charge in [-0.3, -0.25) is 5.10 Å². The lowest BCUT2D eigenvalue weighted by Gasteiger charge is -2.01. The van der Waals surface area contributed by atoms with Crippen molar-refractivity contribution < 1.29 is 0 Å². The predicted molar refractivity (Wildman–Crippen MR) is 79.8 cm³/mol. The molecule has 1 N–H and O–H groups in total.